The number of rotatable bonds is 6. The van der Waals surface area contributed by atoms with Gasteiger partial charge in [-0.25, -0.2) is 13.1 Å². The van der Waals surface area contributed by atoms with E-state index in [9.17, 15) is 8.42 Å². The van der Waals surface area contributed by atoms with E-state index in [1.807, 2.05) is 60.7 Å². The Balaban J connectivity index is 1.71. The number of benzene rings is 3. The molecule has 0 aliphatic carbocycles. The highest BCUT2D eigenvalue weighted by Crippen LogP contribution is 2.21. The van der Waals surface area contributed by atoms with Crippen LogP contribution in [0.25, 0.3) is 5.69 Å². The molecule has 3 aromatic carbocycles. The second kappa shape index (κ2) is 7.70. The standard InChI is InChI=1S/C22H19N3O2S/c26-28(27,21-14-8-3-9-15-21)24-22-17-20(16-18-10-4-1-5-11-18)25(23-22)19-12-6-2-7-13-19/h1-15,17H,16H2,(H,23,24). The Bertz CT molecular complexity index is 1160. The van der Waals surface area contributed by atoms with Crippen molar-refractivity contribution in [2.24, 2.45) is 0 Å². The molecular formula is C22H19N3O2S. The molecule has 28 heavy (non-hydrogen) atoms. The number of hydrogen-bond donors (Lipinski definition) is 1. The molecule has 0 unspecified atom stereocenters. The number of hydrogen-bond acceptors (Lipinski definition) is 3. The summed E-state index contributed by atoms with van der Waals surface area (Å²) in [5, 5.41) is 4.51. The number of nitrogens with one attached hydrogen (secondary N) is 1. The molecule has 6 heteroatoms. The molecule has 4 rings (SSSR count). The highest BCUT2D eigenvalue weighted by atomic mass is 32.2. The number of nitrogens with zero attached hydrogens (tertiary/aromatic N) is 2. The highest BCUT2D eigenvalue weighted by molar-refractivity contribution is 7.92. The van der Waals surface area contributed by atoms with Crippen molar-refractivity contribution in [1.29, 1.82) is 0 Å². The number of para-hydroxylation sites is 1. The van der Waals surface area contributed by atoms with Gasteiger partial charge in [0.25, 0.3) is 10.0 Å². The molecule has 0 amide bonds. The summed E-state index contributed by atoms with van der Waals surface area (Å²) in [6.07, 6.45) is 0.635. The second-order valence-corrected chi connectivity index (χ2v) is 8.03. The molecule has 0 spiro atoms. The first kappa shape index (κ1) is 18.0. The van der Waals surface area contributed by atoms with Gasteiger partial charge in [-0.3, -0.25) is 4.72 Å². The molecule has 0 atom stereocenters. The summed E-state index contributed by atoms with van der Waals surface area (Å²) in [4.78, 5) is 0.203. The summed E-state index contributed by atoms with van der Waals surface area (Å²) in [7, 11) is -3.70. The second-order valence-electron chi connectivity index (χ2n) is 6.35. The van der Waals surface area contributed by atoms with Gasteiger partial charge in [-0.1, -0.05) is 66.7 Å². The molecule has 140 valence electrons. The van der Waals surface area contributed by atoms with E-state index >= 15 is 0 Å². The van der Waals surface area contributed by atoms with E-state index in [0.29, 0.717) is 12.2 Å². The number of sulfonamides is 1. The zero-order valence-electron chi connectivity index (χ0n) is 15.1. The number of anilines is 1. The topological polar surface area (TPSA) is 64.0 Å². The summed E-state index contributed by atoms with van der Waals surface area (Å²) in [6, 6.07) is 29.7. The third kappa shape index (κ3) is 3.97. The lowest BCUT2D eigenvalue weighted by atomic mass is 10.1. The molecule has 0 radical (unpaired) electrons. The van der Waals surface area contributed by atoms with Crippen molar-refractivity contribution in [3.63, 3.8) is 0 Å². The van der Waals surface area contributed by atoms with Crippen LogP contribution in [0.3, 0.4) is 0 Å². The Hall–Kier alpha value is -3.38. The van der Waals surface area contributed by atoms with Crippen molar-refractivity contribution in [3.05, 3.63) is 108 Å². The third-order valence-corrected chi connectivity index (χ3v) is 5.68. The average Bonchev–Trinajstić information content (AvgIpc) is 3.11. The lowest BCUT2D eigenvalue weighted by Crippen LogP contribution is -2.13. The third-order valence-electron chi connectivity index (χ3n) is 4.30. The highest BCUT2D eigenvalue weighted by Gasteiger charge is 2.17. The molecule has 0 aliphatic rings. The maximum Gasteiger partial charge on any atom is 0.263 e. The van der Waals surface area contributed by atoms with Gasteiger partial charge in [0, 0.05) is 12.5 Å². The summed E-state index contributed by atoms with van der Waals surface area (Å²) < 4.78 is 29.7. The van der Waals surface area contributed by atoms with E-state index in [-0.39, 0.29) is 4.90 Å². The van der Waals surface area contributed by atoms with Crippen LogP contribution in [0.4, 0.5) is 5.82 Å². The zero-order valence-corrected chi connectivity index (χ0v) is 15.9. The maximum atomic E-state index is 12.7. The Labute approximate surface area is 164 Å². The molecule has 0 aliphatic heterocycles. The van der Waals surface area contributed by atoms with Gasteiger partial charge in [0.1, 0.15) is 0 Å². The van der Waals surface area contributed by atoms with Crippen LogP contribution >= 0.6 is 0 Å². The lowest BCUT2D eigenvalue weighted by molar-refractivity contribution is 0.601. The molecule has 0 saturated heterocycles. The van der Waals surface area contributed by atoms with Crippen LogP contribution in [0.1, 0.15) is 11.3 Å². The molecule has 0 bridgehead atoms. The van der Waals surface area contributed by atoms with Crippen LogP contribution in [0, 0.1) is 0 Å². The van der Waals surface area contributed by atoms with E-state index < -0.39 is 10.0 Å². The van der Waals surface area contributed by atoms with Crippen molar-refractivity contribution in [1.82, 2.24) is 9.78 Å². The fraction of sp³-hybridized carbons (Fsp3) is 0.0455. The monoisotopic (exact) mass is 389 g/mol. The van der Waals surface area contributed by atoms with Gasteiger partial charge >= 0.3 is 0 Å². The first-order chi connectivity index (χ1) is 13.6. The Kier molecular flexibility index (Phi) is 4.95. The van der Waals surface area contributed by atoms with E-state index in [4.69, 9.17) is 0 Å². The van der Waals surface area contributed by atoms with Crippen molar-refractivity contribution >= 4 is 15.8 Å². The van der Waals surface area contributed by atoms with Gasteiger partial charge in [-0.05, 0) is 29.8 Å². The van der Waals surface area contributed by atoms with Crippen molar-refractivity contribution in [3.8, 4) is 5.69 Å². The maximum absolute atomic E-state index is 12.7. The number of aromatic nitrogens is 2. The van der Waals surface area contributed by atoms with E-state index in [0.717, 1.165) is 16.9 Å². The van der Waals surface area contributed by atoms with E-state index in [1.165, 1.54) is 0 Å². The molecule has 4 aromatic rings. The fourth-order valence-corrected chi connectivity index (χ4v) is 4.00. The fourth-order valence-electron chi connectivity index (χ4n) is 2.99. The van der Waals surface area contributed by atoms with Crippen LogP contribution in [-0.2, 0) is 16.4 Å². The van der Waals surface area contributed by atoms with E-state index in [2.05, 4.69) is 9.82 Å². The molecule has 0 fully saturated rings. The van der Waals surface area contributed by atoms with Gasteiger partial charge in [-0.2, -0.15) is 0 Å². The largest absolute Gasteiger partial charge is 0.263 e. The van der Waals surface area contributed by atoms with Crippen molar-refractivity contribution in [2.75, 3.05) is 4.72 Å². The predicted octanol–water partition coefficient (Wildman–Crippen LogP) is 4.26. The smallest absolute Gasteiger partial charge is 0.262 e. The van der Waals surface area contributed by atoms with Gasteiger partial charge in [0.2, 0.25) is 0 Å². The van der Waals surface area contributed by atoms with Gasteiger partial charge in [-0.15, -0.1) is 5.10 Å². The molecule has 1 heterocycles. The first-order valence-corrected chi connectivity index (χ1v) is 10.4. The minimum atomic E-state index is -3.70. The van der Waals surface area contributed by atoms with Crippen LogP contribution in [-0.4, -0.2) is 18.2 Å². The molecule has 1 aromatic heterocycles. The summed E-state index contributed by atoms with van der Waals surface area (Å²) in [5.41, 5.74) is 2.89. The quantitative estimate of drug-likeness (QED) is 0.536. The molecule has 5 nitrogen and oxygen atoms in total. The van der Waals surface area contributed by atoms with Crippen LogP contribution in [0.15, 0.2) is 102 Å². The van der Waals surface area contributed by atoms with E-state index in [1.54, 1.807) is 41.1 Å². The minimum Gasteiger partial charge on any atom is -0.262 e. The average molecular weight is 389 g/mol. The summed E-state index contributed by atoms with van der Waals surface area (Å²) >= 11 is 0. The van der Waals surface area contributed by atoms with Gasteiger partial charge in [0.05, 0.1) is 16.3 Å². The predicted molar refractivity (Wildman–Crippen MR) is 110 cm³/mol. The summed E-state index contributed by atoms with van der Waals surface area (Å²) in [5.74, 6) is 0.290. The van der Waals surface area contributed by atoms with Crippen LogP contribution in [0.2, 0.25) is 0 Å². The zero-order chi connectivity index (χ0) is 19.4. The normalized spacial score (nSPS) is 11.3. The van der Waals surface area contributed by atoms with Gasteiger partial charge < -0.3 is 0 Å². The van der Waals surface area contributed by atoms with Crippen LogP contribution in [0.5, 0.6) is 0 Å². The molecule has 0 saturated carbocycles. The minimum absolute atomic E-state index is 0.203. The van der Waals surface area contributed by atoms with Crippen LogP contribution < -0.4 is 4.72 Å². The van der Waals surface area contributed by atoms with Gasteiger partial charge in [0.15, 0.2) is 5.82 Å². The Morgan fingerprint density at radius 3 is 2.00 bits per heavy atom. The van der Waals surface area contributed by atoms with Crippen molar-refractivity contribution < 1.29 is 8.42 Å². The molecule has 1 N–H and O–H groups in total. The lowest BCUT2D eigenvalue weighted by Gasteiger charge is -2.07. The first-order valence-electron chi connectivity index (χ1n) is 8.88. The Morgan fingerprint density at radius 2 is 1.36 bits per heavy atom. The molecular weight excluding hydrogens is 370 g/mol. The van der Waals surface area contributed by atoms with Crippen molar-refractivity contribution in [2.45, 2.75) is 11.3 Å². The SMILES string of the molecule is O=S(=O)(Nc1cc(Cc2ccccc2)n(-c2ccccc2)n1)c1ccccc1. The Morgan fingerprint density at radius 1 is 0.786 bits per heavy atom. The summed E-state index contributed by atoms with van der Waals surface area (Å²) in [6.45, 7) is 0.